The van der Waals surface area contributed by atoms with Crippen LogP contribution in [0.25, 0.3) is 0 Å². The van der Waals surface area contributed by atoms with Gasteiger partial charge in [0.1, 0.15) is 17.4 Å². The smallest absolute Gasteiger partial charge is 0.268 e. The lowest BCUT2D eigenvalue weighted by Gasteiger charge is -2.32. The van der Waals surface area contributed by atoms with Crippen LogP contribution in [0.15, 0.2) is 48.5 Å². The Bertz CT molecular complexity index is 1060. The lowest BCUT2D eigenvalue weighted by Crippen LogP contribution is -2.66. The summed E-state index contributed by atoms with van der Waals surface area (Å²) >= 11 is 0. The number of carbonyl (C=O) groups excluding carboxylic acids is 2. The van der Waals surface area contributed by atoms with Gasteiger partial charge >= 0.3 is 0 Å². The van der Waals surface area contributed by atoms with Crippen molar-refractivity contribution in [3.05, 3.63) is 71.0 Å². The van der Waals surface area contributed by atoms with Gasteiger partial charge in [-0.25, -0.2) is 18.7 Å². The van der Waals surface area contributed by atoms with Crippen molar-refractivity contribution in [2.24, 2.45) is 5.73 Å². The molecule has 0 spiro atoms. The number of nitrogens with two attached hydrogens (primary N) is 1. The Balaban J connectivity index is 2.10. The Morgan fingerprint density at radius 1 is 1.00 bits per heavy atom. The molecular weight excluding hydrogens is 411 g/mol. The fourth-order valence-electron chi connectivity index (χ4n) is 2.35. The molecular formula is C22H18F3N3O3. The summed E-state index contributed by atoms with van der Waals surface area (Å²) in [5, 5.41) is 10.9. The first kappa shape index (κ1) is 23.5. The quantitative estimate of drug-likeness (QED) is 0.331. The summed E-state index contributed by atoms with van der Waals surface area (Å²) < 4.78 is 39.1. The Hall–Kier alpha value is -3.79. The topological polar surface area (TPSA) is 104 Å². The summed E-state index contributed by atoms with van der Waals surface area (Å²) in [4.78, 5) is 24.0. The van der Waals surface area contributed by atoms with Crippen LogP contribution in [-0.2, 0) is 4.79 Å². The number of hydrogen-bond acceptors (Lipinski definition) is 4. The molecule has 0 saturated carbocycles. The molecule has 160 valence electrons. The van der Waals surface area contributed by atoms with E-state index in [9.17, 15) is 22.8 Å². The largest absolute Gasteiger partial charge is 0.338 e. The number of alkyl halides is 2. The third-order valence-corrected chi connectivity index (χ3v) is 4.21. The van der Waals surface area contributed by atoms with E-state index in [4.69, 9.17) is 10.9 Å². The third-order valence-electron chi connectivity index (χ3n) is 4.21. The number of nitrogens with one attached hydrogen (secondary N) is 2. The fraction of sp³-hybridized carbons (Fsp3) is 0.182. The molecule has 0 aliphatic heterocycles. The Labute approximate surface area is 176 Å². The van der Waals surface area contributed by atoms with Crippen molar-refractivity contribution in [1.82, 2.24) is 10.8 Å². The van der Waals surface area contributed by atoms with Crippen LogP contribution in [0.4, 0.5) is 13.2 Å². The molecule has 0 bridgehead atoms. The zero-order chi connectivity index (χ0) is 23.0. The van der Waals surface area contributed by atoms with E-state index in [2.05, 4.69) is 29.0 Å². The molecule has 0 fully saturated rings. The van der Waals surface area contributed by atoms with Crippen LogP contribution in [0.1, 0.15) is 28.4 Å². The lowest BCUT2D eigenvalue weighted by atomic mass is 9.92. The molecule has 2 unspecified atom stereocenters. The highest BCUT2D eigenvalue weighted by molar-refractivity contribution is 5.98. The second-order valence-corrected chi connectivity index (χ2v) is 6.63. The first-order valence-corrected chi connectivity index (χ1v) is 8.84. The zero-order valence-corrected chi connectivity index (χ0v) is 16.2. The molecule has 5 N–H and O–H groups in total. The van der Waals surface area contributed by atoms with E-state index in [0.29, 0.717) is 11.1 Å². The molecule has 2 atom stereocenters. The molecule has 2 aromatic rings. The van der Waals surface area contributed by atoms with Crippen LogP contribution in [0.2, 0.25) is 0 Å². The molecule has 0 aromatic heterocycles. The average Bonchev–Trinajstić information content (AvgIpc) is 2.75. The Morgan fingerprint density at radius 3 is 1.94 bits per heavy atom. The molecule has 0 heterocycles. The van der Waals surface area contributed by atoms with E-state index in [1.807, 2.05) is 0 Å². The highest BCUT2D eigenvalue weighted by atomic mass is 19.3. The molecule has 2 rings (SSSR count). The van der Waals surface area contributed by atoms with Gasteiger partial charge in [-0.15, -0.1) is 0 Å². The van der Waals surface area contributed by atoms with Crippen molar-refractivity contribution in [3.8, 4) is 23.7 Å². The van der Waals surface area contributed by atoms with Crippen molar-refractivity contribution in [1.29, 1.82) is 0 Å². The molecule has 0 radical (unpaired) electrons. The summed E-state index contributed by atoms with van der Waals surface area (Å²) in [6, 6.07) is 9.45. The molecule has 9 heteroatoms. The lowest BCUT2D eigenvalue weighted by molar-refractivity contribution is -0.134. The molecule has 31 heavy (non-hydrogen) atoms. The van der Waals surface area contributed by atoms with Gasteiger partial charge in [0.15, 0.2) is 0 Å². The Morgan fingerprint density at radius 2 is 1.48 bits per heavy atom. The van der Waals surface area contributed by atoms with Gasteiger partial charge in [-0.05, 0) is 67.3 Å². The second-order valence-electron chi connectivity index (χ2n) is 6.63. The average molecular weight is 429 g/mol. The minimum atomic E-state index is -3.15. The number of rotatable bonds is 5. The third kappa shape index (κ3) is 6.34. The minimum Gasteiger partial charge on any atom is -0.338 e. The maximum Gasteiger partial charge on any atom is 0.268 e. The van der Waals surface area contributed by atoms with Crippen molar-refractivity contribution in [3.63, 3.8) is 0 Å². The van der Waals surface area contributed by atoms with Crippen LogP contribution in [-0.4, -0.2) is 35.0 Å². The molecule has 0 aliphatic carbocycles. The van der Waals surface area contributed by atoms with Crippen LogP contribution >= 0.6 is 0 Å². The molecule has 2 amide bonds. The highest BCUT2D eigenvalue weighted by Crippen LogP contribution is 2.18. The fourth-order valence-corrected chi connectivity index (χ4v) is 2.35. The van der Waals surface area contributed by atoms with Gasteiger partial charge in [-0.2, -0.15) is 0 Å². The predicted molar refractivity (Wildman–Crippen MR) is 106 cm³/mol. The summed E-state index contributed by atoms with van der Waals surface area (Å²) in [7, 11) is 0. The summed E-state index contributed by atoms with van der Waals surface area (Å²) in [5.41, 5.74) is 5.44. The first-order chi connectivity index (χ1) is 14.6. The maximum absolute atomic E-state index is 13.2. The first-order valence-electron chi connectivity index (χ1n) is 8.84. The van der Waals surface area contributed by atoms with Crippen LogP contribution in [0, 0.1) is 29.5 Å². The van der Waals surface area contributed by atoms with E-state index in [-0.39, 0.29) is 11.4 Å². The Kier molecular flexibility index (Phi) is 7.81. The van der Waals surface area contributed by atoms with E-state index in [1.54, 1.807) is 0 Å². The summed E-state index contributed by atoms with van der Waals surface area (Å²) in [6.07, 6.45) is -3.15. The normalized spacial score (nSPS) is 13.0. The van der Waals surface area contributed by atoms with Gasteiger partial charge in [-0.1, -0.05) is 11.8 Å². The number of hydrogen-bond donors (Lipinski definition) is 4. The van der Waals surface area contributed by atoms with Gasteiger partial charge in [0.2, 0.25) is 0 Å². The van der Waals surface area contributed by atoms with Crippen LogP contribution in [0.3, 0.4) is 0 Å². The van der Waals surface area contributed by atoms with Crippen molar-refractivity contribution in [2.45, 2.75) is 24.9 Å². The van der Waals surface area contributed by atoms with E-state index >= 15 is 0 Å². The SMILES string of the molecule is CC(N)(C(F)F)C(NC(=O)c1ccc(C#CC#Cc2ccc(F)cc2)cc1)C(=O)NO. The van der Waals surface area contributed by atoms with Crippen molar-refractivity contribution < 1.29 is 28.0 Å². The predicted octanol–water partition coefficient (Wildman–Crippen LogP) is 1.82. The number of halogens is 3. The molecule has 0 saturated heterocycles. The van der Waals surface area contributed by atoms with E-state index in [1.165, 1.54) is 54.0 Å². The van der Waals surface area contributed by atoms with Crippen LogP contribution in [0.5, 0.6) is 0 Å². The standard InChI is InChI=1S/C22H18F3N3O3/c1-22(26,21(24)25)18(20(30)28-31)27-19(29)16-10-6-14(7-11-16)4-2-3-5-15-8-12-17(23)13-9-15/h6-13,18,21,31H,26H2,1H3,(H,27,29)(H,28,30). The van der Waals surface area contributed by atoms with Gasteiger partial charge in [0, 0.05) is 16.7 Å². The summed E-state index contributed by atoms with van der Waals surface area (Å²) in [6.45, 7) is 0.878. The second kappa shape index (κ2) is 10.3. The monoisotopic (exact) mass is 429 g/mol. The van der Waals surface area contributed by atoms with Gasteiger partial charge in [-0.3, -0.25) is 14.8 Å². The van der Waals surface area contributed by atoms with E-state index < -0.39 is 29.8 Å². The van der Waals surface area contributed by atoms with Gasteiger partial charge in [0.05, 0.1) is 0 Å². The van der Waals surface area contributed by atoms with Crippen molar-refractivity contribution in [2.75, 3.05) is 0 Å². The minimum absolute atomic E-state index is 0.0590. The van der Waals surface area contributed by atoms with E-state index in [0.717, 1.165) is 6.92 Å². The molecule has 2 aromatic carbocycles. The van der Waals surface area contributed by atoms with Gasteiger partial charge < -0.3 is 11.1 Å². The van der Waals surface area contributed by atoms with Crippen molar-refractivity contribution >= 4 is 11.8 Å². The van der Waals surface area contributed by atoms with Gasteiger partial charge in [0.25, 0.3) is 18.2 Å². The summed E-state index contributed by atoms with van der Waals surface area (Å²) in [5.74, 6) is 8.24. The molecule has 0 aliphatic rings. The highest BCUT2D eigenvalue weighted by Gasteiger charge is 2.44. The molecule has 6 nitrogen and oxygen atoms in total. The maximum atomic E-state index is 13.2. The van der Waals surface area contributed by atoms with Crippen LogP contribution < -0.4 is 16.5 Å². The zero-order valence-electron chi connectivity index (χ0n) is 16.2. The number of benzene rings is 2. The number of hydroxylamine groups is 1. The number of amides is 2. The number of carbonyl (C=O) groups is 2.